The fourth-order valence-corrected chi connectivity index (χ4v) is 8.99. The van der Waals surface area contributed by atoms with Gasteiger partial charge in [0.05, 0.1) is 33.0 Å². The lowest BCUT2D eigenvalue weighted by atomic mass is 9.98. The van der Waals surface area contributed by atoms with Gasteiger partial charge in [0.2, 0.25) is 0 Å². The lowest BCUT2D eigenvalue weighted by molar-refractivity contribution is -0.332. The number of hydrogen-bond donors (Lipinski definition) is 7. The van der Waals surface area contributed by atoms with Gasteiger partial charge in [-0.05, 0) is 70.6 Å². The van der Waals surface area contributed by atoms with Crippen molar-refractivity contribution in [3.8, 4) is 0 Å². The summed E-state index contributed by atoms with van der Waals surface area (Å²) in [7, 11) is 0. The molecule has 0 saturated carbocycles. The van der Waals surface area contributed by atoms with Crippen molar-refractivity contribution >= 4 is 5.97 Å². The van der Waals surface area contributed by atoms with Crippen LogP contribution in [0.15, 0.2) is 72.9 Å². The zero-order chi connectivity index (χ0) is 54.4. The molecule has 0 bridgehead atoms. The van der Waals surface area contributed by atoms with Gasteiger partial charge in [-0.15, -0.1) is 0 Å². The van der Waals surface area contributed by atoms with Gasteiger partial charge in [-0.1, -0.05) is 202 Å². The van der Waals surface area contributed by atoms with Gasteiger partial charge in [0.1, 0.15) is 54.9 Å². The number of carbonyl (C=O) groups excluding carboxylic acids is 1. The topological polar surface area (TPSA) is 214 Å². The Bertz CT molecular complexity index is 1510. The summed E-state index contributed by atoms with van der Waals surface area (Å²) >= 11 is 0. The summed E-state index contributed by atoms with van der Waals surface area (Å²) in [5.74, 6) is -0.401. The molecule has 434 valence electrons. The predicted octanol–water partition coefficient (Wildman–Crippen LogP) is 10.6. The van der Waals surface area contributed by atoms with Crippen LogP contribution in [0.4, 0.5) is 0 Å². The zero-order valence-electron chi connectivity index (χ0n) is 46.5. The van der Waals surface area contributed by atoms with Crippen molar-refractivity contribution in [1.29, 1.82) is 0 Å². The van der Waals surface area contributed by atoms with Crippen LogP contribution in [0, 0.1) is 0 Å². The van der Waals surface area contributed by atoms with Gasteiger partial charge < -0.3 is 64.2 Å². The monoisotopic (exact) mass is 1060 g/mol. The highest BCUT2D eigenvalue weighted by molar-refractivity contribution is 5.69. The molecule has 0 amide bonds. The van der Waals surface area contributed by atoms with Crippen LogP contribution in [0.2, 0.25) is 0 Å². The van der Waals surface area contributed by atoms with Crippen molar-refractivity contribution in [2.24, 2.45) is 0 Å². The molecular weight excluding hydrogens is 957 g/mol. The van der Waals surface area contributed by atoms with Gasteiger partial charge in [-0.2, -0.15) is 0 Å². The fourth-order valence-electron chi connectivity index (χ4n) is 8.99. The number of allylic oxidation sites excluding steroid dienone is 11. The summed E-state index contributed by atoms with van der Waals surface area (Å²) in [4.78, 5) is 13.1. The normalized spacial score (nSPS) is 25.1. The van der Waals surface area contributed by atoms with Gasteiger partial charge in [0, 0.05) is 6.42 Å². The lowest BCUT2D eigenvalue weighted by Gasteiger charge is -2.42. The van der Waals surface area contributed by atoms with E-state index >= 15 is 0 Å². The summed E-state index contributed by atoms with van der Waals surface area (Å²) in [5.41, 5.74) is 0. The lowest BCUT2D eigenvalue weighted by Crippen LogP contribution is -2.61. The molecule has 11 atom stereocenters. The molecular formula is C61H106O14. The van der Waals surface area contributed by atoms with E-state index in [0.717, 1.165) is 51.4 Å². The molecule has 11 unspecified atom stereocenters. The Hall–Kier alpha value is -2.57. The van der Waals surface area contributed by atoms with Crippen LogP contribution in [0.5, 0.6) is 0 Å². The number of aliphatic hydroxyl groups excluding tert-OH is 7. The van der Waals surface area contributed by atoms with Gasteiger partial charge in [-0.25, -0.2) is 0 Å². The second-order valence-electron chi connectivity index (χ2n) is 20.4. The smallest absolute Gasteiger partial charge is 0.306 e. The summed E-state index contributed by atoms with van der Waals surface area (Å²) in [6.45, 7) is 3.36. The number of rotatable bonds is 47. The maximum Gasteiger partial charge on any atom is 0.306 e. The van der Waals surface area contributed by atoms with Crippen LogP contribution in [0.1, 0.15) is 206 Å². The maximum atomic E-state index is 13.1. The van der Waals surface area contributed by atoms with Crippen molar-refractivity contribution in [1.82, 2.24) is 0 Å². The van der Waals surface area contributed by atoms with Crippen molar-refractivity contribution in [3.63, 3.8) is 0 Å². The van der Waals surface area contributed by atoms with E-state index in [1.54, 1.807) is 0 Å². The molecule has 7 N–H and O–H groups in total. The molecule has 2 aliphatic heterocycles. The van der Waals surface area contributed by atoms with E-state index in [-0.39, 0.29) is 19.6 Å². The molecule has 14 nitrogen and oxygen atoms in total. The third-order valence-corrected chi connectivity index (χ3v) is 13.7. The highest BCUT2D eigenvalue weighted by Crippen LogP contribution is 2.27. The third-order valence-electron chi connectivity index (χ3n) is 13.7. The average Bonchev–Trinajstić information content (AvgIpc) is 3.41. The van der Waals surface area contributed by atoms with Crippen molar-refractivity contribution in [2.75, 3.05) is 33.0 Å². The first kappa shape index (κ1) is 68.5. The Morgan fingerprint density at radius 3 is 1.36 bits per heavy atom. The molecule has 2 aliphatic rings. The number of aliphatic hydroxyl groups is 7. The van der Waals surface area contributed by atoms with Crippen LogP contribution < -0.4 is 0 Å². The average molecular weight is 1060 g/mol. The molecule has 0 aromatic heterocycles. The number of hydrogen-bond acceptors (Lipinski definition) is 14. The minimum Gasteiger partial charge on any atom is -0.457 e. The largest absolute Gasteiger partial charge is 0.457 e. The van der Waals surface area contributed by atoms with Gasteiger partial charge in [-0.3, -0.25) is 4.79 Å². The summed E-state index contributed by atoms with van der Waals surface area (Å²) in [5, 5.41) is 72.3. The summed E-state index contributed by atoms with van der Waals surface area (Å²) < 4.78 is 34.2. The quantitative estimate of drug-likeness (QED) is 0.0172. The molecule has 2 heterocycles. The predicted molar refractivity (Wildman–Crippen MR) is 298 cm³/mol. The number of unbranched alkanes of at least 4 members (excludes halogenated alkanes) is 21. The molecule has 2 saturated heterocycles. The standard InChI is InChI=1S/C61H106O14/c1-3-5-7-9-11-13-15-17-19-21-22-23-24-25-26-27-28-29-30-32-34-36-38-40-42-44-53(63)73-50(47-70-45-43-41-39-37-35-33-31-20-18-16-14-12-10-8-6-4-2)48-71-60-59(69)57(67)55(65)52(75-60)49-72-61-58(68)56(66)54(64)51(46-62)74-61/h6,8,12,14,18,20-22,33,35,39,41,50-52,54-62,64-69H,3-5,7,9-11,13,15-17,19,23-32,34,36-38,40,42-49H2,1-2H3/b8-6-,14-12-,20-18-,22-21-,35-33-,41-39-. The zero-order valence-corrected chi connectivity index (χ0v) is 46.5. The van der Waals surface area contributed by atoms with E-state index < -0.39 is 86.7 Å². The molecule has 0 spiro atoms. The molecule has 0 radical (unpaired) electrons. The van der Waals surface area contributed by atoms with Crippen molar-refractivity contribution < 1.29 is 69.0 Å². The number of ether oxygens (including phenoxy) is 6. The van der Waals surface area contributed by atoms with Gasteiger partial charge in [0.25, 0.3) is 0 Å². The highest BCUT2D eigenvalue weighted by Gasteiger charge is 2.47. The highest BCUT2D eigenvalue weighted by atomic mass is 16.7. The second kappa shape index (κ2) is 47.4. The first-order chi connectivity index (χ1) is 36.6. The summed E-state index contributed by atoms with van der Waals surface area (Å²) in [6, 6.07) is 0. The Balaban J connectivity index is 1.71. The van der Waals surface area contributed by atoms with Crippen LogP contribution >= 0.6 is 0 Å². The van der Waals surface area contributed by atoms with E-state index in [1.165, 1.54) is 122 Å². The number of carbonyl (C=O) groups is 1. The van der Waals surface area contributed by atoms with Crippen LogP contribution in [0.25, 0.3) is 0 Å². The second-order valence-corrected chi connectivity index (χ2v) is 20.4. The minimum atomic E-state index is -1.72. The van der Waals surface area contributed by atoms with E-state index in [1.807, 2.05) is 6.08 Å². The van der Waals surface area contributed by atoms with Crippen LogP contribution in [0.3, 0.4) is 0 Å². The molecule has 0 aromatic rings. The van der Waals surface area contributed by atoms with E-state index in [2.05, 4.69) is 80.7 Å². The first-order valence-corrected chi connectivity index (χ1v) is 29.5. The molecule has 2 rings (SSSR count). The maximum absolute atomic E-state index is 13.1. The first-order valence-electron chi connectivity index (χ1n) is 29.5. The Kier molecular flexibility index (Phi) is 43.3. The SMILES string of the molecule is CC/C=C\C/C=C\C/C=C\C/C=C\C/C=C\CCOCC(COC1OC(COC2OC(CO)C(O)C(O)C2O)C(O)C(O)C1O)OC(=O)CCCCCCCCCCCCCCC/C=C\CCCCCCCCCC. The van der Waals surface area contributed by atoms with E-state index in [4.69, 9.17) is 28.4 Å². The number of esters is 1. The molecule has 0 aromatic carbocycles. The Morgan fingerprint density at radius 1 is 0.453 bits per heavy atom. The van der Waals surface area contributed by atoms with E-state index in [9.17, 15) is 40.5 Å². The Labute approximate surface area is 453 Å². The Morgan fingerprint density at radius 2 is 0.867 bits per heavy atom. The molecule has 14 heteroatoms. The van der Waals surface area contributed by atoms with Gasteiger partial charge >= 0.3 is 5.97 Å². The van der Waals surface area contributed by atoms with Crippen LogP contribution in [-0.2, 0) is 33.2 Å². The molecule has 2 fully saturated rings. The minimum absolute atomic E-state index is 0.00512. The van der Waals surface area contributed by atoms with Crippen molar-refractivity contribution in [2.45, 2.75) is 274 Å². The van der Waals surface area contributed by atoms with E-state index in [0.29, 0.717) is 19.4 Å². The third kappa shape index (κ3) is 34.1. The van der Waals surface area contributed by atoms with Crippen LogP contribution in [-0.4, -0.2) is 142 Å². The fraction of sp³-hybridized carbons (Fsp3) is 0.787. The molecule has 0 aliphatic carbocycles. The molecule has 75 heavy (non-hydrogen) atoms. The summed E-state index contributed by atoms with van der Waals surface area (Å²) in [6.07, 6.45) is 44.2. The van der Waals surface area contributed by atoms with Crippen molar-refractivity contribution in [3.05, 3.63) is 72.9 Å². The van der Waals surface area contributed by atoms with Gasteiger partial charge in [0.15, 0.2) is 12.6 Å².